The van der Waals surface area contributed by atoms with Gasteiger partial charge in [-0.1, -0.05) is 32.9 Å². The predicted molar refractivity (Wildman–Crippen MR) is 85.6 cm³/mol. The number of halogens is 1. The van der Waals surface area contributed by atoms with E-state index in [1.807, 2.05) is 13.8 Å². The fourth-order valence-corrected chi connectivity index (χ4v) is 1.87. The van der Waals surface area contributed by atoms with Gasteiger partial charge >= 0.3 is 0 Å². The zero-order chi connectivity index (χ0) is 15.9. The zero-order valence-corrected chi connectivity index (χ0v) is 13.3. The average molecular weight is 303 g/mol. The molecule has 1 N–H and O–H groups in total. The summed E-state index contributed by atoms with van der Waals surface area (Å²) >= 11 is 0. The van der Waals surface area contributed by atoms with Gasteiger partial charge < -0.3 is 10.1 Å². The van der Waals surface area contributed by atoms with Crippen LogP contribution in [-0.2, 0) is 6.54 Å². The fourth-order valence-electron chi connectivity index (χ4n) is 1.87. The summed E-state index contributed by atoms with van der Waals surface area (Å²) in [5.41, 5.74) is 0.988. The van der Waals surface area contributed by atoms with Crippen LogP contribution in [0.5, 0.6) is 5.88 Å². The van der Waals surface area contributed by atoms with Gasteiger partial charge in [0.25, 0.3) is 0 Å². The molecule has 0 bridgehead atoms. The van der Waals surface area contributed by atoms with Gasteiger partial charge in [0, 0.05) is 18.5 Å². The Morgan fingerprint density at radius 3 is 2.55 bits per heavy atom. The highest BCUT2D eigenvalue weighted by Gasteiger charge is 2.09. The first-order chi connectivity index (χ1) is 10.6. The van der Waals surface area contributed by atoms with Crippen LogP contribution in [0, 0.1) is 5.82 Å². The maximum absolute atomic E-state index is 12.9. The van der Waals surface area contributed by atoms with Crippen molar-refractivity contribution < 1.29 is 9.13 Å². The summed E-state index contributed by atoms with van der Waals surface area (Å²) < 4.78 is 18.5. The first-order valence-electron chi connectivity index (χ1n) is 7.58. The van der Waals surface area contributed by atoms with E-state index in [2.05, 4.69) is 22.2 Å². The van der Waals surface area contributed by atoms with Crippen molar-refractivity contribution in [2.75, 3.05) is 11.9 Å². The molecule has 0 saturated carbocycles. The van der Waals surface area contributed by atoms with Crippen LogP contribution < -0.4 is 10.1 Å². The van der Waals surface area contributed by atoms with Crippen molar-refractivity contribution in [1.29, 1.82) is 0 Å². The molecule has 1 aromatic heterocycles. The van der Waals surface area contributed by atoms with Crippen molar-refractivity contribution in [2.24, 2.45) is 0 Å². The molecule has 118 valence electrons. The summed E-state index contributed by atoms with van der Waals surface area (Å²) in [6, 6.07) is 8.20. The molecule has 1 heterocycles. The molecule has 0 aliphatic heterocycles. The molecule has 4 nitrogen and oxygen atoms in total. The zero-order valence-electron chi connectivity index (χ0n) is 13.3. The van der Waals surface area contributed by atoms with Gasteiger partial charge in [0.2, 0.25) is 5.88 Å². The second-order valence-corrected chi connectivity index (χ2v) is 5.43. The van der Waals surface area contributed by atoms with Crippen molar-refractivity contribution in [3.8, 4) is 5.88 Å². The number of aromatic nitrogens is 2. The van der Waals surface area contributed by atoms with Crippen molar-refractivity contribution >= 4 is 5.82 Å². The van der Waals surface area contributed by atoms with Crippen LogP contribution in [0.25, 0.3) is 0 Å². The van der Waals surface area contributed by atoms with E-state index in [0.29, 0.717) is 24.8 Å². The molecule has 1 aromatic carbocycles. The van der Waals surface area contributed by atoms with Crippen LogP contribution >= 0.6 is 0 Å². The lowest BCUT2D eigenvalue weighted by atomic mass is 10.2. The molecule has 0 unspecified atom stereocenters. The van der Waals surface area contributed by atoms with E-state index in [-0.39, 0.29) is 11.7 Å². The van der Waals surface area contributed by atoms with Gasteiger partial charge in [-0.3, -0.25) is 0 Å². The highest BCUT2D eigenvalue weighted by molar-refractivity contribution is 5.39. The third-order valence-electron chi connectivity index (χ3n) is 3.08. The van der Waals surface area contributed by atoms with Gasteiger partial charge in [-0.25, -0.2) is 9.37 Å². The van der Waals surface area contributed by atoms with E-state index < -0.39 is 0 Å². The molecular weight excluding hydrogens is 281 g/mol. The Morgan fingerprint density at radius 2 is 1.91 bits per heavy atom. The van der Waals surface area contributed by atoms with Gasteiger partial charge in [-0.05, 0) is 24.1 Å². The van der Waals surface area contributed by atoms with Gasteiger partial charge in [0.1, 0.15) is 17.5 Å². The number of rotatable bonds is 7. The molecule has 2 aromatic rings. The maximum atomic E-state index is 12.9. The van der Waals surface area contributed by atoms with E-state index in [1.54, 1.807) is 18.2 Å². The molecule has 2 rings (SSSR count). The normalized spacial score (nSPS) is 10.8. The van der Waals surface area contributed by atoms with Gasteiger partial charge in [0.05, 0.1) is 6.61 Å². The Morgan fingerprint density at radius 1 is 1.18 bits per heavy atom. The minimum Gasteiger partial charge on any atom is -0.478 e. The van der Waals surface area contributed by atoms with Crippen LogP contribution in [0.4, 0.5) is 10.2 Å². The largest absolute Gasteiger partial charge is 0.478 e. The van der Waals surface area contributed by atoms with Crippen LogP contribution in [-0.4, -0.2) is 16.6 Å². The Hall–Kier alpha value is -2.17. The van der Waals surface area contributed by atoms with Crippen LogP contribution in [0.1, 0.15) is 44.5 Å². The average Bonchev–Trinajstić information content (AvgIpc) is 2.52. The molecule has 0 atom stereocenters. The molecule has 0 spiro atoms. The minimum absolute atomic E-state index is 0.219. The number of benzene rings is 1. The predicted octanol–water partition coefficient (Wildman–Crippen LogP) is 4.14. The number of hydrogen-bond donors (Lipinski definition) is 1. The summed E-state index contributed by atoms with van der Waals surface area (Å²) in [6.07, 6.45) is 0.930. The van der Waals surface area contributed by atoms with Gasteiger partial charge in [-0.15, -0.1) is 0 Å². The van der Waals surface area contributed by atoms with Crippen molar-refractivity contribution in [2.45, 2.75) is 39.7 Å². The molecule has 0 aliphatic rings. The van der Waals surface area contributed by atoms with Gasteiger partial charge in [0.15, 0.2) is 0 Å². The third-order valence-corrected chi connectivity index (χ3v) is 3.08. The Labute approximate surface area is 130 Å². The summed E-state index contributed by atoms with van der Waals surface area (Å²) in [5, 5.41) is 3.24. The number of hydrogen-bond acceptors (Lipinski definition) is 4. The molecule has 0 aliphatic carbocycles. The maximum Gasteiger partial charge on any atom is 0.218 e. The smallest absolute Gasteiger partial charge is 0.218 e. The van der Waals surface area contributed by atoms with Gasteiger partial charge in [-0.2, -0.15) is 4.98 Å². The highest BCUT2D eigenvalue weighted by atomic mass is 19.1. The second kappa shape index (κ2) is 7.73. The monoisotopic (exact) mass is 303 g/mol. The fraction of sp³-hybridized carbons (Fsp3) is 0.412. The number of nitrogens with one attached hydrogen (secondary N) is 1. The number of ether oxygens (including phenoxy) is 1. The van der Waals surface area contributed by atoms with Crippen molar-refractivity contribution in [3.63, 3.8) is 0 Å². The molecule has 22 heavy (non-hydrogen) atoms. The van der Waals surface area contributed by atoms with Crippen molar-refractivity contribution in [1.82, 2.24) is 9.97 Å². The molecular formula is C17H22FN3O. The lowest BCUT2D eigenvalue weighted by molar-refractivity contribution is 0.303. The summed E-state index contributed by atoms with van der Waals surface area (Å²) in [6.45, 7) is 7.34. The Balaban J connectivity index is 2.11. The lowest BCUT2D eigenvalue weighted by Gasteiger charge is -2.12. The minimum atomic E-state index is -0.233. The summed E-state index contributed by atoms with van der Waals surface area (Å²) in [5.74, 6) is 2.03. The van der Waals surface area contributed by atoms with Crippen LogP contribution in [0.15, 0.2) is 30.3 Å². The molecule has 0 amide bonds. The van der Waals surface area contributed by atoms with E-state index in [1.165, 1.54) is 12.1 Å². The standard InChI is InChI=1S/C17H22FN3O/c1-4-9-22-16-10-15(20-17(21-16)12(2)3)19-11-13-5-7-14(18)8-6-13/h5-8,10,12H,4,9,11H2,1-3H3,(H,19,20,21). The number of anilines is 1. The Bertz CT molecular complexity index is 599. The van der Waals surface area contributed by atoms with E-state index in [0.717, 1.165) is 17.8 Å². The van der Waals surface area contributed by atoms with E-state index >= 15 is 0 Å². The number of nitrogens with zero attached hydrogens (tertiary/aromatic N) is 2. The topological polar surface area (TPSA) is 47.0 Å². The lowest BCUT2D eigenvalue weighted by Crippen LogP contribution is -2.08. The van der Waals surface area contributed by atoms with Crippen LogP contribution in [0.2, 0.25) is 0 Å². The third kappa shape index (κ3) is 4.69. The molecule has 5 heteroatoms. The first-order valence-corrected chi connectivity index (χ1v) is 7.58. The van der Waals surface area contributed by atoms with Crippen molar-refractivity contribution in [3.05, 3.63) is 47.5 Å². The van der Waals surface area contributed by atoms with E-state index in [9.17, 15) is 4.39 Å². The summed E-state index contributed by atoms with van der Waals surface area (Å²) in [4.78, 5) is 8.91. The highest BCUT2D eigenvalue weighted by Crippen LogP contribution is 2.19. The van der Waals surface area contributed by atoms with Crippen LogP contribution in [0.3, 0.4) is 0 Å². The summed E-state index contributed by atoms with van der Waals surface area (Å²) in [7, 11) is 0. The molecule has 0 radical (unpaired) electrons. The molecule has 0 saturated heterocycles. The van der Waals surface area contributed by atoms with E-state index in [4.69, 9.17) is 4.74 Å². The second-order valence-electron chi connectivity index (χ2n) is 5.43. The molecule has 0 fully saturated rings. The first kappa shape index (κ1) is 16.2. The SMILES string of the molecule is CCCOc1cc(NCc2ccc(F)cc2)nc(C(C)C)n1. The quantitative estimate of drug-likeness (QED) is 0.835. The Kier molecular flexibility index (Phi) is 5.69.